The highest BCUT2D eigenvalue weighted by Gasteiger charge is 2.11. The van der Waals surface area contributed by atoms with Crippen molar-refractivity contribution in [1.29, 1.82) is 0 Å². The van der Waals surface area contributed by atoms with Crippen LogP contribution in [0.5, 0.6) is 0 Å². The van der Waals surface area contributed by atoms with E-state index >= 15 is 0 Å². The molecule has 0 aliphatic heterocycles. The third-order valence-electron chi connectivity index (χ3n) is 2.98. The summed E-state index contributed by atoms with van der Waals surface area (Å²) in [4.78, 5) is 1.23. The van der Waals surface area contributed by atoms with Gasteiger partial charge in [-0.2, -0.15) is 0 Å². The van der Waals surface area contributed by atoms with Crippen LogP contribution in [0.15, 0.2) is 41.3 Å². The minimum Gasteiger partial charge on any atom is -0.389 e. The Balaban J connectivity index is 2.26. The molecule has 0 spiro atoms. The van der Waals surface area contributed by atoms with Crippen LogP contribution in [0.4, 0.5) is 14.5 Å². The molecular weight excluding hydrogens is 310 g/mol. The predicted octanol–water partition coefficient (Wildman–Crippen LogP) is 3.93. The SMILES string of the molecule is CSc1cccc(NCc2ccc(F)cc2F)c1C(N)=S. The minimum atomic E-state index is -0.593. The number of benzene rings is 2. The molecule has 2 aromatic rings. The number of rotatable bonds is 5. The molecule has 0 aromatic heterocycles. The molecule has 0 aliphatic rings. The van der Waals surface area contributed by atoms with Gasteiger partial charge in [0.25, 0.3) is 0 Å². The van der Waals surface area contributed by atoms with Gasteiger partial charge in [-0.15, -0.1) is 11.8 Å². The largest absolute Gasteiger partial charge is 0.389 e. The first-order chi connectivity index (χ1) is 10.0. The van der Waals surface area contributed by atoms with Crippen LogP contribution in [0, 0.1) is 11.6 Å². The van der Waals surface area contributed by atoms with Gasteiger partial charge in [-0.25, -0.2) is 8.78 Å². The van der Waals surface area contributed by atoms with Gasteiger partial charge in [0.15, 0.2) is 0 Å². The van der Waals surface area contributed by atoms with Crippen molar-refractivity contribution in [1.82, 2.24) is 0 Å². The Morgan fingerprint density at radius 3 is 2.67 bits per heavy atom. The number of nitrogens with two attached hydrogens (primary N) is 1. The van der Waals surface area contributed by atoms with E-state index in [0.717, 1.165) is 22.2 Å². The maximum Gasteiger partial charge on any atom is 0.131 e. The summed E-state index contributed by atoms with van der Waals surface area (Å²) in [5.41, 5.74) is 7.61. The van der Waals surface area contributed by atoms with Gasteiger partial charge >= 0.3 is 0 Å². The lowest BCUT2D eigenvalue weighted by Gasteiger charge is -2.14. The summed E-state index contributed by atoms with van der Waals surface area (Å²) in [7, 11) is 0. The average molecular weight is 324 g/mol. The Kier molecular flexibility index (Phi) is 5.14. The number of halogens is 2. The Hall–Kier alpha value is -1.66. The molecule has 0 unspecified atom stereocenters. The van der Waals surface area contributed by atoms with E-state index in [9.17, 15) is 8.78 Å². The number of thiocarbonyl (C=S) groups is 1. The molecule has 2 nitrogen and oxygen atoms in total. The molecule has 0 amide bonds. The van der Waals surface area contributed by atoms with Crippen LogP contribution in [0.3, 0.4) is 0 Å². The van der Waals surface area contributed by atoms with Gasteiger partial charge in [-0.1, -0.05) is 24.4 Å². The van der Waals surface area contributed by atoms with Gasteiger partial charge < -0.3 is 11.1 Å². The van der Waals surface area contributed by atoms with Gasteiger partial charge in [0.1, 0.15) is 16.6 Å². The molecule has 3 N–H and O–H groups in total. The molecule has 0 aliphatic carbocycles. The van der Waals surface area contributed by atoms with E-state index < -0.39 is 11.6 Å². The molecule has 0 radical (unpaired) electrons. The molecule has 0 atom stereocenters. The quantitative estimate of drug-likeness (QED) is 0.645. The highest BCUT2D eigenvalue weighted by Crippen LogP contribution is 2.27. The second-order valence-electron chi connectivity index (χ2n) is 4.34. The third kappa shape index (κ3) is 3.71. The van der Waals surface area contributed by atoms with Crippen molar-refractivity contribution in [2.45, 2.75) is 11.4 Å². The second kappa shape index (κ2) is 6.87. The van der Waals surface area contributed by atoms with Crippen LogP contribution in [0.1, 0.15) is 11.1 Å². The number of anilines is 1. The van der Waals surface area contributed by atoms with E-state index in [1.807, 2.05) is 24.5 Å². The smallest absolute Gasteiger partial charge is 0.131 e. The molecule has 2 rings (SSSR count). The molecule has 0 fully saturated rings. The molecule has 6 heteroatoms. The second-order valence-corrected chi connectivity index (χ2v) is 5.62. The van der Waals surface area contributed by atoms with Crippen molar-refractivity contribution < 1.29 is 8.78 Å². The zero-order chi connectivity index (χ0) is 15.4. The Bertz CT molecular complexity index is 675. The van der Waals surface area contributed by atoms with Gasteiger partial charge in [0.2, 0.25) is 0 Å². The molecule has 0 heterocycles. The monoisotopic (exact) mass is 324 g/mol. The van der Waals surface area contributed by atoms with Gasteiger partial charge in [-0.05, 0) is 24.5 Å². The number of hydrogen-bond donors (Lipinski definition) is 2. The fourth-order valence-corrected chi connectivity index (χ4v) is 2.88. The van der Waals surface area contributed by atoms with E-state index in [4.69, 9.17) is 18.0 Å². The average Bonchev–Trinajstić information content (AvgIpc) is 2.45. The topological polar surface area (TPSA) is 38.0 Å². The van der Waals surface area contributed by atoms with E-state index in [1.54, 1.807) is 0 Å². The lowest BCUT2D eigenvalue weighted by molar-refractivity contribution is 0.574. The normalized spacial score (nSPS) is 10.4. The molecule has 0 saturated heterocycles. The lowest BCUT2D eigenvalue weighted by atomic mass is 10.1. The van der Waals surface area contributed by atoms with Crippen molar-refractivity contribution in [3.63, 3.8) is 0 Å². The van der Waals surface area contributed by atoms with Gasteiger partial charge in [0.05, 0.1) is 0 Å². The van der Waals surface area contributed by atoms with Crippen LogP contribution in [0.25, 0.3) is 0 Å². The van der Waals surface area contributed by atoms with Crippen LogP contribution in [-0.2, 0) is 6.54 Å². The lowest BCUT2D eigenvalue weighted by Crippen LogP contribution is -2.14. The number of hydrogen-bond acceptors (Lipinski definition) is 3. The van der Waals surface area contributed by atoms with Crippen LogP contribution < -0.4 is 11.1 Å². The zero-order valence-corrected chi connectivity index (χ0v) is 13.0. The van der Waals surface area contributed by atoms with Crippen LogP contribution >= 0.6 is 24.0 Å². The van der Waals surface area contributed by atoms with E-state index in [2.05, 4.69) is 5.32 Å². The maximum absolute atomic E-state index is 13.6. The van der Waals surface area contributed by atoms with Crippen LogP contribution in [-0.4, -0.2) is 11.2 Å². The number of nitrogens with one attached hydrogen (secondary N) is 1. The zero-order valence-electron chi connectivity index (χ0n) is 11.3. The van der Waals surface area contributed by atoms with Crippen LogP contribution in [0.2, 0.25) is 0 Å². The standard InChI is InChI=1S/C15H14F2N2S2/c1-21-13-4-2-3-12(14(13)15(18)20)19-8-9-5-6-10(16)7-11(9)17/h2-7,19H,8H2,1H3,(H2,18,20). The maximum atomic E-state index is 13.6. The fraction of sp³-hybridized carbons (Fsp3) is 0.133. The molecule has 0 bridgehead atoms. The van der Waals surface area contributed by atoms with Gasteiger partial charge in [-0.3, -0.25) is 0 Å². The van der Waals surface area contributed by atoms with E-state index in [1.165, 1.54) is 23.9 Å². The Morgan fingerprint density at radius 2 is 2.05 bits per heavy atom. The summed E-state index contributed by atoms with van der Waals surface area (Å²) in [6.07, 6.45) is 1.93. The summed E-state index contributed by atoms with van der Waals surface area (Å²) >= 11 is 6.61. The predicted molar refractivity (Wildman–Crippen MR) is 87.8 cm³/mol. The first kappa shape index (κ1) is 15.7. The number of thioether (sulfide) groups is 1. The van der Waals surface area contributed by atoms with Crippen molar-refractivity contribution >= 4 is 34.7 Å². The highest BCUT2D eigenvalue weighted by atomic mass is 32.2. The molecular formula is C15H14F2N2S2. The Morgan fingerprint density at radius 1 is 1.29 bits per heavy atom. The van der Waals surface area contributed by atoms with Crippen molar-refractivity contribution in [3.05, 3.63) is 59.2 Å². The minimum absolute atomic E-state index is 0.222. The summed E-state index contributed by atoms with van der Waals surface area (Å²) in [5, 5.41) is 3.10. The fourth-order valence-electron chi connectivity index (χ4n) is 1.96. The third-order valence-corrected chi connectivity index (χ3v) is 3.96. The molecule has 2 aromatic carbocycles. The molecule has 0 saturated carbocycles. The van der Waals surface area contributed by atoms with Crippen molar-refractivity contribution in [2.24, 2.45) is 5.73 Å². The first-order valence-electron chi connectivity index (χ1n) is 6.17. The Labute approximate surface area is 131 Å². The van der Waals surface area contributed by atoms with E-state index in [-0.39, 0.29) is 11.5 Å². The summed E-state index contributed by atoms with van der Waals surface area (Å²) in [6.45, 7) is 0.222. The molecule has 21 heavy (non-hydrogen) atoms. The van der Waals surface area contributed by atoms with E-state index in [0.29, 0.717) is 5.56 Å². The summed E-state index contributed by atoms with van der Waals surface area (Å²) in [6, 6.07) is 9.13. The summed E-state index contributed by atoms with van der Waals surface area (Å²) < 4.78 is 26.5. The highest BCUT2D eigenvalue weighted by molar-refractivity contribution is 7.98. The summed E-state index contributed by atoms with van der Waals surface area (Å²) in [5.74, 6) is -1.18. The molecule has 110 valence electrons. The van der Waals surface area contributed by atoms with Gasteiger partial charge in [0, 0.05) is 34.3 Å². The first-order valence-corrected chi connectivity index (χ1v) is 7.81. The van der Waals surface area contributed by atoms with Crippen molar-refractivity contribution in [3.8, 4) is 0 Å². The van der Waals surface area contributed by atoms with Crippen molar-refractivity contribution in [2.75, 3.05) is 11.6 Å².